The van der Waals surface area contributed by atoms with Crippen LogP contribution in [0.5, 0.6) is 5.75 Å². The Balaban J connectivity index is 1.65. The van der Waals surface area contributed by atoms with Crippen LogP contribution in [0.4, 0.5) is 0 Å². The van der Waals surface area contributed by atoms with E-state index in [9.17, 15) is 4.79 Å². The van der Waals surface area contributed by atoms with Crippen molar-refractivity contribution in [3.63, 3.8) is 0 Å². The van der Waals surface area contributed by atoms with Gasteiger partial charge in [-0.05, 0) is 17.5 Å². The average molecular weight is 329 g/mol. The summed E-state index contributed by atoms with van der Waals surface area (Å²) in [6, 6.07) is 7.56. The molecule has 0 saturated carbocycles. The highest BCUT2D eigenvalue weighted by Crippen LogP contribution is 2.32. The van der Waals surface area contributed by atoms with Gasteiger partial charge >= 0.3 is 0 Å². The van der Waals surface area contributed by atoms with Crippen molar-refractivity contribution in [1.82, 2.24) is 15.0 Å². The monoisotopic (exact) mass is 329 g/mol. The number of para-hydroxylation sites is 1. The lowest BCUT2D eigenvalue weighted by molar-refractivity contribution is -0.137. The molecule has 6 nitrogen and oxygen atoms in total. The summed E-state index contributed by atoms with van der Waals surface area (Å²) < 4.78 is 10.7. The third kappa shape index (κ3) is 3.42. The van der Waals surface area contributed by atoms with E-state index in [0.717, 1.165) is 5.56 Å². The van der Waals surface area contributed by atoms with Gasteiger partial charge in [0.05, 0.1) is 18.6 Å². The van der Waals surface area contributed by atoms with Gasteiger partial charge in [-0.15, -0.1) is 0 Å². The lowest BCUT2D eigenvalue weighted by atomic mass is 9.90. The van der Waals surface area contributed by atoms with Crippen LogP contribution < -0.4 is 4.74 Å². The Labute approximate surface area is 141 Å². The molecule has 0 atom stereocenters. The van der Waals surface area contributed by atoms with E-state index >= 15 is 0 Å². The van der Waals surface area contributed by atoms with Gasteiger partial charge < -0.3 is 14.2 Å². The molecule has 1 saturated heterocycles. The average Bonchev–Trinajstić information content (AvgIpc) is 2.93. The fraction of sp³-hybridized carbons (Fsp3) is 0.500. The second-order valence-electron chi connectivity index (χ2n) is 7.39. The van der Waals surface area contributed by atoms with E-state index in [1.807, 2.05) is 29.2 Å². The molecule has 1 aliphatic heterocycles. The van der Waals surface area contributed by atoms with Gasteiger partial charge in [-0.25, -0.2) is 0 Å². The molecule has 0 aliphatic carbocycles. The van der Waals surface area contributed by atoms with Crippen LogP contribution in [-0.2, 0) is 4.79 Å². The number of likely N-dealkylation sites (tertiary alicyclic amines) is 1. The maximum absolute atomic E-state index is 12.2. The molecule has 6 heteroatoms. The number of amides is 1. The zero-order valence-electron chi connectivity index (χ0n) is 14.6. The van der Waals surface area contributed by atoms with Gasteiger partial charge in [0.1, 0.15) is 5.75 Å². The Morgan fingerprint density at radius 3 is 2.71 bits per heavy atom. The summed E-state index contributed by atoms with van der Waals surface area (Å²) in [5.74, 6) is 2.10. The maximum atomic E-state index is 12.2. The second kappa shape index (κ2) is 6.26. The van der Waals surface area contributed by atoms with Crippen molar-refractivity contribution in [1.29, 1.82) is 0 Å². The van der Waals surface area contributed by atoms with Crippen LogP contribution in [0.25, 0.3) is 11.4 Å². The van der Waals surface area contributed by atoms with Gasteiger partial charge in [0, 0.05) is 19.5 Å². The van der Waals surface area contributed by atoms with Gasteiger partial charge in [0.2, 0.25) is 17.6 Å². The van der Waals surface area contributed by atoms with Crippen molar-refractivity contribution in [2.24, 2.45) is 5.41 Å². The van der Waals surface area contributed by atoms with Crippen LogP contribution in [0.1, 0.15) is 39.0 Å². The van der Waals surface area contributed by atoms with E-state index in [4.69, 9.17) is 9.26 Å². The molecule has 1 aliphatic rings. The van der Waals surface area contributed by atoms with Crippen molar-refractivity contribution in [2.75, 3.05) is 20.2 Å². The summed E-state index contributed by atoms with van der Waals surface area (Å²) in [6.07, 6.45) is 0.552. The van der Waals surface area contributed by atoms with Gasteiger partial charge in [-0.2, -0.15) is 4.98 Å². The number of ether oxygens (including phenoxy) is 1. The third-order valence-electron chi connectivity index (χ3n) is 4.05. The molecule has 0 bridgehead atoms. The minimum atomic E-state index is 0.00366. The van der Waals surface area contributed by atoms with Gasteiger partial charge in [-0.1, -0.05) is 38.1 Å². The van der Waals surface area contributed by atoms with Crippen LogP contribution in [0.2, 0.25) is 0 Å². The van der Waals surface area contributed by atoms with Crippen LogP contribution in [0, 0.1) is 5.41 Å². The molecule has 2 heterocycles. The molecule has 1 aromatic carbocycles. The first-order chi connectivity index (χ1) is 11.4. The highest BCUT2D eigenvalue weighted by atomic mass is 16.5. The molecule has 2 aromatic rings. The zero-order chi connectivity index (χ0) is 17.3. The summed E-state index contributed by atoms with van der Waals surface area (Å²) >= 11 is 0. The van der Waals surface area contributed by atoms with Crippen LogP contribution in [0.3, 0.4) is 0 Å². The summed E-state index contributed by atoms with van der Waals surface area (Å²) in [4.78, 5) is 18.5. The fourth-order valence-corrected chi connectivity index (χ4v) is 2.74. The van der Waals surface area contributed by atoms with Gasteiger partial charge in [0.15, 0.2) is 0 Å². The van der Waals surface area contributed by atoms with Crippen LogP contribution in [0.15, 0.2) is 28.8 Å². The van der Waals surface area contributed by atoms with Crippen molar-refractivity contribution in [3.8, 4) is 17.1 Å². The quantitative estimate of drug-likeness (QED) is 0.862. The van der Waals surface area contributed by atoms with Crippen LogP contribution in [-0.4, -0.2) is 41.1 Å². The van der Waals surface area contributed by atoms with E-state index < -0.39 is 0 Å². The number of methoxy groups -OCH3 is 1. The van der Waals surface area contributed by atoms with E-state index in [1.165, 1.54) is 0 Å². The first-order valence-electron chi connectivity index (χ1n) is 8.12. The molecular formula is C18H23N3O3. The predicted octanol–water partition coefficient (Wildman–Crippen LogP) is 3.11. The lowest BCUT2D eigenvalue weighted by Gasteiger charge is -2.38. The van der Waals surface area contributed by atoms with E-state index in [1.54, 1.807) is 7.11 Å². The number of aromatic nitrogens is 2. The normalized spacial score (nSPS) is 15.2. The second-order valence-corrected chi connectivity index (χ2v) is 7.39. The van der Waals surface area contributed by atoms with Crippen molar-refractivity contribution in [3.05, 3.63) is 30.2 Å². The van der Waals surface area contributed by atoms with Gasteiger partial charge in [-0.3, -0.25) is 4.79 Å². The first kappa shape index (κ1) is 16.5. The number of hydrogen-bond acceptors (Lipinski definition) is 5. The van der Waals surface area contributed by atoms with Gasteiger partial charge in [0.25, 0.3) is 0 Å². The summed E-state index contributed by atoms with van der Waals surface area (Å²) in [7, 11) is 1.62. The van der Waals surface area contributed by atoms with E-state index in [0.29, 0.717) is 37.0 Å². The van der Waals surface area contributed by atoms with E-state index in [2.05, 4.69) is 30.9 Å². The molecule has 0 N–H and O–H groups in total. The topological polar surface area (TPSA) is 68.5 Å². The van der Waals surface area contributed by atoms with Crippen LogP contribution >= 0.6 is 0 Å². The summed E-state index contributed by atoms with van der Waals surface area (Å²) in [6.45, 7) is 7.49. The van der Waals surface area contributed by atoms with Crippen molar-refractivity contribution < 1.29 is 14.1 Å². The standard InChI is InChI=1S/C18H23N3O3/c1-18(2,3)9-15(22)21-10-12(11-21)17-19-16(20-24-17)13-7-5-6-8-14(13)23-4/h5-8,12H,9-11H2,1-4H3. The predicted molar refractivity (Wildman–Crippen MR) is 89.7 cm³/mol. The van der Waals surface area contributed by atoms with E-state index in [-0.39, 0.29) is 17.2 Å². The number of benzene rings is 1. The Morgan fingerprint density at radius 2 is 2.04 bits per heavy atom. The summed E-state index contributed by atoms with van der Waals surface area (Å²) in [5.41, 5.74) is 0.805. The minimum absolute atomic E-state index is 0.00366. The molecule has 0 spiro atoms. The molecule has 0 unspecified atom stereocenters. The fourth-order valence-electron chi connectivity index (χ4n) is 2.74. The highest BCUT2D eigenvalue weighted by Gasteiger charge is 2.36. The highest BCUT2D eigenvalue weighted by molar-refractivity contribution is 5.77. The number of nitrogens with zero attached hydrogens (tertiary/aromatic N) is 3. The Hall–Kier alpha value is -2.37. The molecule has 128 valence electrons. The molecule has 24 heavy (non-hydrogen) atoms. The molecule has 1 amide bonds. The summed E-state index contributed by atoms with van der Waals surface area (Å²) in [5, 5.41) is 4.06. The smallest absolute Gasteiger partial charge is 0.233 e. The molecule has 3 rings (SSSR count). The number of carbonyl (C=O) groups excluding carboxylic acids is 1. The molecular weight excluding hydrogens is 306 g/mol. The lowest BCUT2D eigenvalue weighted by Crippen LogP contribution is -2.49. The SMILES string of the molecule is COc1ccccc1-c1noc(C2CN(C(=O)CC(C)(C)C)C2)n1. The number of rotatable bonds is 4. The maximum Gasteiger partial charge on any atom is 0.233 e. The molecule has 1 aromatic heterocycles. The molecule has 1 fully saturated rings. The Bertz CT molecular complexity index is 727. The number of hydrogen-bond donors (Lipinski definition) is 0. The largest absolute Gasteiger partial charge is 0.496 e. The first-order valence-corrected chi connectivity index (χ1v) is 8.12. The number of carbonyl (C=O) groups is 1. The zero-order valence-corrected chi connectivity index (χ0v) is 14.6. The third-order valence-corrected chi connectivity index (χ3v) is 4.05. The van der Waals surface area contributed by atoms with Crippen molar-refractivity contribution in [2.45, 2.75) is 33.1 Å². The Kier molecular flexibility index (Phi) is 4.30. The van der Waals surface area contributed by atoms with Crippen molar-refractivity contribution >= 4 is 5.91 Å². The molecule has 0 radical (unpaired) electrons. The Morgan fingerprint density at radius 1 is 1.33 bits per heavy atom. The minimum Gasteiger partial charge on any atom is -0.496 e.